The van der Waals surface area contributed by atoms with Crippen LogP contribution in [0.5, 0.6) is 0 Å². The average Bonchev–Trinajstić information content (AvgIpc) is 3.43. The number of carbonyl (C=O) groups excluding carboxylic acids is 1. The third kappa shape index (κ3) is 5.71. The van der Waals surface area contributed by atoms with Crippen molar-refractivity contribution in [2.45, 2.75) is 26.2 Å². The molecular formula is C23H35IN6O. The normalized spacial score (nSPS) is 17.8. The summed E-state index contributed by atoms with van der Waals surface area (Å²) < 4.78 is 0. The van der Waals surface area contributed by atoms with Gasteiger partial charge >= 0.3 is 0 Å². The van der Waals surface area contributed by atoms with E-state index in [9.17, 15) is 4.79 Å². The molecule has 2 N–H and O–H groups in total. The number of guanidine groups is 1. The standard InChI is InChI=1S/C23H34N6O.HI/c1-18-6-5-7-20-19(16-26-22(18)20)8-9-25-23(24-2)29-14-12-27(13-15-29)17-21(30)28-10-3-4-11-28;/h5-7,16,26H,3-4,8-15,17H2,1-2H3,(H,24,25);1H. The molecule has 4 rings (SSSR count). The van der Waals surface area contributed by atoms with Gasteiger partial charge in [-0.2, -0.15) is 0 Å². The van der Waals surface area contributed by atoms with E-state index in [1.165, 1.54) is 22.0 Å². The van der Waals surface area contributed by atoms with Crippen molar-refractivity contribution >= 4 is 46.7 Å². The van der Waals surface area contributed by atoms with E-state index < -0.39 is 0 Å². The summed E-state index contributed by atoms with van der Waals surface area (Å²) in [6.45, 7) is 9.03. The van der Waals surface area contributed by atoms with Gasteiger partial charge in [0.2, 0.25) is 5.91 Å². The zero-order chi connectivity index (χ0) is 20.9. The lowest BCUT2D eigenvalue weighted by molar-refractivity contribution is -0.131. The van der Waals surface area contributed by atoms with Gasteiger partial charge in [-0.3, -0.25) is 14.7 Å². The number of aromatic amines is 1. The molecule has 2 aliphatic rings. The Hall–Kier alpha value is -1.81. The van der Waals surface area contributed by atoms with E-state index in [-0.39, 0.29) is 29.9 Å². The molecule has 0 radical (unpaired) electrons. The molecule has 31 heavy (non-hydrogen) atoms. The van der Waals surface area contributed by atoms with Crippen LogP contribution in [0.4, 0.5) is 0 Å². The van der Waals surface area contributed by atoms with Gasteiger partial charge in [0, 0.05) is 70.0 Å². The minimum Gasteiger partial charge on any atom is -0.361 e. The van der Waals surface area contributed by atoms with E-state index in [1.807, 2.05) is 11.9 Å². The summed E-state index contributed by atoms with van der Waals surface area (Å²) >= 11 is 0. The number of nitrogens with one attached hydrogen (secondary N) is 2. The summed E-state index contributed by atoms with van der Waals surface area (Å²) in [6.07, 6.45) is 5.38. The number of H-pyrrole nitrogens is 1. The third-order valence-electron chi connectivity index (χ3n) is 6.39. The highest BCUT2D eigenvalue weighted by Crippen LogP contribution is 2.21. The molecule has 1 aromatic heterocycles. The second-order valence-electron chi connectivity index (χ2n) is 8.39. The first-order valence-corrected chi connectivity index (χ1v) is 11.2. The molecule has 0 atom stereocenters. The summed E-state index contributed by atoms with van der Waals surface area (Å²) in [5, 5.41) is 4.83. The van der Waals surface area contributed by atoms with Gasteiger partial charge in [-0.25, -0.2) is 0 Å². The molecule has 170 valence electrons. The SMILES string of the molecule is CN=C(NCCc1c[nH]c2c(C)cccc12)N1CCN(CC(=O)N2CCCC2)CC1.I. The maximum atomic E-state index is 12.4. The van der Waals surface area contributed by atoms with Crippen LogP contribution >= 0.6 is 24.0 Å². The number of aliphatic imine (C=N–C) groups is 1. The van der Waals surface area contributed by atoms with Gasteiger partial charge in [-0.15, -0.1) is 24.0 Å². The lowest BCUT2D eigenvalue weighted by Gasteiger charge is -2.36. The Morgan fingerprint density at radius 3 is 2.55 bits per heavy atom. The van der Waals surface area contributed by atoms with Crippen molar-refractivity contribution in [3.8, 4) is 0 Å². The number of nitrogens with zero attached hydrogens (tertiary/aromatic N) is 4. The third-order valence-corrected chi connectivity index (χ3v) is 6.39. The molecule has 0 aliphatic carbocycles. The zero-order valence-corrected chi connectivity index (χ0v) is 21.0. The van der Waals surface area contributed by atoms with Gasteiger partial charge in [-0.05, 0) is 37.3 Å². The van der Waals surface area contributed by atoms with Crippen LogP contribution in [-0.4, -0.2) is 91.0 Å². The summed E-state index contributed by atoms with van der Waals surface area (Å²) in [5.41, 5.74) is 3.85. The summed E-state index contributed by atoms with van der Waals surface area (Å²) in [4.78, 5) is 26.9. The molecular weight excluding hydrogens is 503 g/mol. The smallest absolute Gasteiger partial charge is 0.236 e. The maximum absolute atomic E-state index is 12.4. The lowest BCUT2D eigenvalue weighted by Crippen LogP contribution is -2.54. The number of hydrogen-bond acceptors (Lipinski definition) is 3. The number of benzene rings is 1. The van der Waals surface area contributed by atoms with Crippen LogP contribution < -0.4 is 5.32 Å². The second kappa shape index (κ2) is 11.2. The molecule has 1 aromatic carbocycles. The van der Waals surface area contributed by atoms with Crippen LogP contribution in [0, 0.1) is 6.92 Å². The number of piperazine rings is 1. The molecule has 2 aromatic rings. The molecule has 0 bridgehead atoms. The number of amides is 1. The van der Waals surface area contributed by atoms with E-state index >= 15 is 0 Å². The van der Waals surface area contributed by atoms with Crippen LogP contribution in [0.2, 0.25) is 0 Å². The predicted octanol–water partition coefficient (Wildman–Crippen LogP) is 2.45. The fourth-order valence-electron chi connectivity index (χ4n) is 4.59. The first-order chi connectivity index (χ1) is 14.7. The van der Waals surface area contributed by atoms with Crippen molar-refractivity contribution in [3.63, 3.8) is 0 Å². The topological polar surface area (TPSA) is 67.0 Å². The summed E-state index contributed by atoms with van der Waals surface area (Å²) in [7, 11) is 1.85. The van der Waals surface area contributed by atoms with Crippen LogP contribution in [0.15, 0.2) is 29.4 Å². The number of para-hydroxylation sites is 1. The van der Waals surface area contributed by atoms with Crippen molar-refractivity contribution in [2.75, 3.05) is 59.4 Å². The van der Waals surface area contributed by atoms with Crippen molar-refractivity contribution in [1.29, 1.82) is 0 Å². The number of halogens is 1. The number of fused-ring (bicyclic) bond motifs is 1. The molecule has 7 nitrogen and oxygen atoms in total. The number of likely N-dealkylation sites (tertiary alicyclic amines) is 1. The Labute approximate surface area is 202 Å². The molecule has 0 unspecified atom stereocenters. The Morgan fingerprint density at radius 2 is 1.84 bits per heavy atom. The molecule has 0 spiro atoms. The summed E-state index contributed by atoms with van der Waals surface area (Å²) in [5.74, 6) is 1.24. The Balaban J connectivity index is 0.00000272. The fraction of sp³-hybridized carbons (Fsp3) is 0.565. The van der Waals surface area contributed by atoms with E-state index in [1.54, 1.807) is 0 Å². The average molecular weight is 538 g/mol. The second-order valence-corrected chi connectivity index (χ2v) is 8.39. The molecule has 1 amide bonds. The first-order valence-electron chi connectivity index (χ1n) is 11.2. The maximum Gasteiger partial charge on any atom is 0.236 e. The zero-order valence-electron chi connectivity index (χ0n) is 18.7. The number of carbonyl (C=O) groups is 1. The minimum atomic E-state index is 0. The van der Waals surface area contributed by atoms with Gasteiger partial charge in [0.05, 0.1) is 6.54 Å². The Morgan fingerprint density at radius 1 is 1.10 bits per heavy atom. The summed E-state index contributed by atoms with van der Waals surface area (Å²) in [6, 6.07) is 6.45. The van der Waals surface area contributed by atoms with Crippen molar-refractivity contribution in [3.05, 3.63) is 35.5 Å². The van der Waals surface area contributed by atoms with Gasteiger partial charge < -0.3 is 20.1 Å². The number of aryl methyl sites for hydroxylation is 1. The highest BCUT2D eigenvalue weighted by molar-refractivity contribution is 14.0. The van der Waals surface area contributed by atoms with Crippen molar-refractivity contribution in [1.82, 2.24) is 25.0 Å². The predicted molar refractivity (Wildman–Crippen MR) is 137 cm³/mol. The number of hydrogen-bond donors (Lipinski definition) is 2. The molecule has 2 fully saturated rings. The largest absolute Gasteiger partial charge is 0.361 e. The van der Waals surface area contributed by atoms with Crippen LogP contribution in [-0.2, 0) is 11.2 Å². The number of aromatic nitrogens is 1. The van der Waals surface area contributed by atoms with Gasteiger partial charge in [0.1, 0.15) is 0 Å². The molecule has 8 heteroatoms. The Bertz CT molecular complexity index is 897. The quantitative estimate of drug-likeness (QED) is 0.349. The molecule has 3 heterocycles. The van der Waals surface area contributed by atoms with E-state index in [0.29, 0.717) is 6.54 Å². The van der Waals surface area contributed by atoms with Crippen LogP contribution in [0.3, 0.4) is 0 Å². The molecule has 2 saturated heterocycles. The van der Waals surface area contributed by atoms with Crippen molar-refractivity contribution < 1.29 is 4.79 Å². The highest BCUT2D eigenvalue weighted by atomic mass is 127. The van der Waals surface area contributed by atoms with E-state index in [0.717, 1.165) is 71.0 Å². The van der Waals surface area contributed by atoms with Gasteiger partial charge in [0.25, 0.3) is 0 Å². The molecule has 0 saturated carbocycles. The first kappa shape index (κ1) is 23.8. The van der Waals surface area contributed by atoms with Gasteiger partial charge in [0.15, 0.2) is 5.96 Å². The fourth-order valence-corrected chi connectivity index (χ4v) is 4.59. The molecule has 2 aliphatic heterocycles. The van der Waals surface area contributed by atoms with Crippen LogP contribution in [0.1, 0.15) is 24.0 Å². The minimum absolute atomic E-state index is 0. The van der Waals surface area contributed by atoms with E-state index in [4.69, 9.17) is 0 Å². The lowest BCUT2D eigenvalue weighted by atomic mass is 10.1. The monoisotopic (exact) mass is 538 g/mol. The van der Waals surface area contributed by atoms with E-state index in [2.05, 4.69) is 56.4 Å². The number of rotatable bonds is 5. The van der Waals surface area contributed by atoms with Crippen LogP contribution in [0.25, 0.3) is 10.9 Å². The van der Waals surface area contributed by atoms with Gasteiger partial charge in [-0.1, -0.05) is 18.2 Å². The van der Waals surface area contributed by atoms with Crippen molar-refractivity contribution in [2.24, 2.45) is 4.99 Å². The highest BCUT2D eigenvalue weighted by Gasteiger charge is 2.24. The Kier molecular flexibility index (Phi) is 8.59.